The van der Waals surface area contributed by atoms with E-state index in [0.29, 0.717) is 23.1 Å². The number of nitrogens with zero attached hydrogens (tertiary/aromatic N) is 1. The molecule has 1 heterocycles. The van der Waals surface area contributed by atoms with Gasteiger partial charge in [-0.05, 0) is 24.3 Å². The third-order valence-corrected chi connectivity index (χ3v) is 3.68. The van der Waals surface area contributed by atoms with Crippen molar-refractivity contribution in [3.63, 3.8) is 0 Å². The number of benzene rings is 1. The van der Waals surface area contributed by atoms with Crippen LogP contribution >= 0.6 is 46.4 Å². The molecule has 1 aromatic carbocycles. The Morgan fingerprint density at radius 3 is 2.17 bits per heavy atom. The lowest BCUT2D eigenvalue weighted by Gasteiger charge is -2.07. The minimum absolute atomic E-state index is 0.261. The molecular formula is C12H5Cl4NO. The van der Waals surface area contributed by atoms with Gasteiger partial charge in [0.2, 0.25) is 0 Å². The van der Waals surface area contributed by atoms with Crippen LogP contribution in [0.1, 0.15) is 10.4 Å². The van der Waals surface area contributed by atoms with Crippen LogP contribution in [0.5, 0.6) is 0 Å². The predicted octanol–water partition coefficient (Wildman–Crippen LogP) is 5.17. The van der Waals surface area contributed by atoms with Gasteiger partial charge in [0.25, 0.3) is 0 Å². The van der Waals surface area contributed by atoms with Gasteiger partial charge in [0.05, 0.1) is 20.8 Å². The van der Waals surface area contributed by atoms with E-state index in [-0.39, 0.29) is 20.2 Å². The Morgan fingerprint density at radius 2 is 1.61 bits per heavy atom. The summed E-state index contributed by atoms with van der Waals surface area (Å²) in [7, 11) is 0. The standard InChI is InChI=1S/C12H5Cl4NO/c13-8-3-7(4-9(14)11(8)16)12-6(5-18)1-2-10(15)17-12/h1-5H. The number of carbonyl (C=O) groups is 1. The fourth-order valence-corrected chi connectivity index (χ4v) is 2.21. The summed E-state index contributed by atoms with van der Waals surface area (Å²) in [5, 5.41) is 1.12. The van der Waals surface area contributed by atoms with Gasteiger partial charge in [-0.15, -0.1) is 0 Å². The van der Waals surface area contributed by atoms with E-state index in [2.05, 4.69) is 4.98 Å². The molecule has 0 N–H and O–H groups in total. The summed E-state index contributed by atoms with van der Waals surface area (Å²) >= 11 is 23.6. The lowest BCUT2D eigenvalue weighted by Crippen LogP contribution is -1.92. The van der Waals surface area contributed by atoms with Crippen LogP contribution in [0.4, 0.5) is 0 Å². The Balaban J connectivity index is 2.68. The summed E-state index contributed by atoms with van der Waals surface area (Å²) in [6.07, 6.45) is 0.690. The Bertz CT molecular complexity index is 604. The van der Waals surface area contributed by atoms with E-state index >= 15 is 0 Å². The van der Waals surface area contributed by atoms with Crippen molar-refractivity contribution >= 4 is 52.7 Å². The number of carbonyl (C=O) groups excluding carboxylic acids is 1. The summed E-state index contributed by atoms with van der Waals surface area (Å²) in [5.41, 5.74) is 1.39. The molecule has 92 valence electrons. The number of halogens is 4. The first-order chi connectivity index (χ1) is 8.52. The summed E-state index contributed by atoms with van der Waals surface area (Å²) in [4.78, 5) is 15.1. The second-order valence-corrected chi connectivity index (χ2v) is 5.02. The number of pyridine rings is 1. The number of hydrogen-bond acceptors (Lipinski definition) is 2. The van der Waals surface area contributed by atoms with Gasteiger partial charge in [0, 0.05) is 11.1 Å². The van der Waals surface area contributed by atoms with Crippen LogP contribution < -0.4 is 0 Å². The van der Waals surface area contributed by atoms with Crippen molar-refractivity contribution < 1.29 is 4.79 Å². The van der Waals surface area contributed by atoms with E-state index < -0.39 is 0 Å². The summed E-state index contributed by atoms with van der Waals surface area (Å²) in [5.74, 6) is 0. The Morgan fingerprint density at radius 1 is 1.00 bits per heavy atom. The van der Waals surface area contributed by atoms with E-state index in [0.717, 1.165) is 0 Å². The molecule has 0 aliphatic heterocycles. The van der Waals surface area contributed by atoms with Crippen LogP contribution in [-0.4, -0.2) is 11.3 Å². The Kier molecular flexibility index (Phi) is 4.13. The normalized spacial score (nSPS) is 10.4. The van der Waals surface area contributed by atoms with E-state index in [1.165, 1.54) is 6.07 Å². The highest BCUT2D eigenvalue weighted by Crippen LogP contribution is 2.35. The molecule has 1 aromatic heterocycles. The third kappa shape index (κ3) is 2.62. The topological polar surface area (TPSA) is 30.0 Å². The monoisotopic (exact) mass is 319 g/mol. The van der Waals surface area contributed by atoms with Gasteiger partial charge in [-0.25, -0.2) is 4.98 Å². The quantitative estimate of drug-likeness (QED) is 0.434. The first kappa shape index (κ1) is 13.6. The second-order valence-electron chi connectivity index (χ2n) is 3.44. The minimum Gasteiger partial charge on any atom is -0.298 e. The van der Waals surface area contributed by atoms with Crippen LogP contribution in [0.3, 0.4) is 0 Å². The molecule has 2 aromatic rings. The van der Waals surface area contributed by atoms with E-state index in [9.17, 15) is 4.79 Å². The number of hydrogen-bond donors (Lipinski definition) is 0. The fourth-order valence-electron chi connectivity index (χ4n) is 1.46. The number of aromatic nitrogens is 1. The number of rotatable bonds is 2. The maximum Gasteiger partial charge on any atom is 0.152 e. The largest absolute Gasteiger partial charge is 0.298 e. The average molecular weight is 321 g/mol. The summed E-state index contributed by atoms with van der Waals surface area (Å²) < 4.78 is 0. The van der Waals surface area contributed by atoms with Gasteiger partial charge in [-0.3, -0.25) is 4.79 Å². The highest BCUT2D eigenvalue weighted by atomic mass is 35.5. The zero-order valence-electron chi connectivity index (χ0n) is 8.75. The summed E-state index contributed by atoms with van der Waals surface area (Å²) in [6.45, 7) is 0. The van der Waals surface area contributed by atoms with Gasteiger partial charge >= 0.3 is 0 Å². The van der Waals surface area contributed by atoms with Crippen molar-refractivity contribution in [3.8, 4) is 11.3 Å². The van der Waals surface area contributed by atoms with Crippen LogP contribution in [0.15, 0.2) is 24.3 Å². The van der Waals surface area contributed by atoms with Crippen molar-refractivity contribution in [1.82, 2.24) is 4.98 Å². The molecule has 0 saturated carbocycles. The molecule has 2 nitrogen and oxygen atoms in total. The lowest BCUT2D eigenvalue weighted by molar-refractivity contribution is 0.112. The first-order valence-electron chi connectivity index (χ1n) is 4.79. The predicted molar refractivity (Wildman–Crippen MR) is 75.1 cm³/mol. The average Bonchev–Trinajstić information content (AvgIpc) is 2.35. The molecular weight excluding hydrogens is 316 g/mol. The minimum atomic E-state index is 0.261. The molecule has 0 unspecified atom stereocenters. The van der Waals surface area contributed by atoms with Crippen molar-refractivity contribution in [1.29, 1.82) is 0 Å². The highest BCUT2D eigenvalue weighted by Gasteiger charge is 2.12. The van der Waals surface area contributed by atoms with Gasteiger partial charge < -0.3 is 0 Å². The van der Waals surface area contributed by atoms with E-state index in [1.807, 2.05) is 0 Å². The van der Waals surface area contributed by atoms with Crippen molar-refractivity contribution in [2.45, 2.75) is 0 Å². The molecule has 0 radical (unpaired) electrons. The van der Waals surface area contributed by atoms with E-state index in [4.69, 9.17) is 46.4 Å². The van der Waals surface area contributed by atoms with Crippen LogP contribution in [-0.2, 0) is 0 Å². The number of aldehydes is 1. The maximum atomic E-state index is 11.0. The molecule has 0 aliphatic rings. The van der Waals surface area contributed by atoms with Crippen LogP contribution in [0, 0.1) is 0 Å². The molecule has 0 bridgehead atoms. The molecule has 0 amide bonds. The zero-order valence-corrected chi connectivity index (χ0v) is 11.8. The van der Waals surface area contributed by atoms with Crippen molar-refractivity contribution in [2.75, 3.05) is 0 Å². The maximum absolute atomic E-state index is 11.0. The molecule has 18 heavy (non-hydrogen) atoms. The Labute approximate surface area is 123 Å². The lowest BCUT2D eigenvalue weighted by atomic mass is 10.1. The van der Waals surface area contributed by atoms with Crippen LogP contribution in [0.2, 0.25) is 20.2 Å². The van der Waals surface area contributed by atoms with Gasteiger partial charge in [0.15, 0.2) is 6.29 Å². The molecule has 0 saturated heterocycles. The van der Waals surface area contributed by atoms with Gasteiger partial charge in [-0.2, -0.15) is 0 Å². The molecule has 0 atom stereocenters. The van der Waals surface area contributed by atoms with Gasteiger partial charge in [0.1, 0.15) is 5.15 Å². The molecule has 6 heteroatoms. The highest BCUT2D eigenvalue weighted by molar-refractivity contribution is 6.48. The molecule has 2 rings (SSSR count). The zero-order chi connectivity index (χ0) is 13.3. The second kappa shape index (κ2) is 5.45. The third-order valence-electron chi connectivity index (χ3n) is 2.28. The first-order valence-corrected chi connectivity index (χ1v) is 6.30. The van der Waals surface area contributed by atoms with E-state index in [1.54, 1.807) is 18.2 Å². The van der Waals surface area contributed by atoms with Gasteiger partial charge in [-0.1, -0.05) is 46.4 Å². The molecule has 0 fully saturated rings. The molecule has 0 aliphatic carbocycles. The SMILES string of the molecule is O=Cc1ccc(Cl)nc1-c1cc(Cl)c(Cl)c(Cl)c1. The Hall–Kier alpha value is -0.800. The van der Waals surface area contributed by atoms with Crippen molar-refractivity contribution in [3.05, 3.63) is 50.0 Å². The van der Waals surface area contributed by atoms with Crippen molar-refractivity contribution in [2.24, 2.45) is 0 Å². The molecule has 0 spiro atoms. The smallest absolute Gasteiger partial charge is 0.152 e. The summed E-state index contributed by atoms with van der Waals surface area (Å²) in [6, 6.07) is 6.28. The van der Waals surface area contributed by atoms with Crippen LogP contribution in [0.25, 0.3) is 11.3 Å². The fraction of sp³-hybridized carbons (Fsp3) is 0.